The zero-order chi connectivity index (χ0) is 17.0. The van der Waals surface area contributed by atoms with Gasteiger partial charge in [0.2, 0.25) is 0 Å². The molecule has 0 aliphatic carbocycles. The van der Waals surface area contributed by atoms with Gasteiger partial charge in [-0.15, -0.1) is 11.3 Å². The largest absolute Gasteiger partial charge is 0.443 e. The number of rotatable bonds is 5. The maximum atomic E-state index is 12.6. The van der Waals surface area contributed by atoms with Crippen LogP contribution < -0.4 is 5.56 Å². The lowest BCUT2D eigenvalue weighted by molar-refractivity contribution is -0.137. The van der Waals surface area contributed by atoms with E-state index in [1.165, 1.54) is 12.3 Å². The van der Waals surface area contributed by atoms with Gasteiger partial charge in [-0.05, 0) is 24.5 Å². The van der Waals surface area contributed by atoms with Crippen LogP contribution in [0.2, 0.25) is 0 Å². The fourth-order valence-corrected chi connectivity index (χ4v) is 2.79. The molecule has 0 radical (unpaired) electrons. The fraction of sp³-hybridized carbons (Fsp3) is 0.400. The van der Waals surface area contributed by atoms with Crippen LogP contribution in [0.1, 0.15) is 48.1 Å². The molecule has 0 aliphatic rings. The molecular weight excluding hydrogens is 327 g/mol. The minimum Gasteiger partial charge on any atom is -0.307 e. The topological polar surface area (TPSA) is 58.6 Å². The van der Waals surface area contributed by atoms with Crippen molar-refractivity contribution < 1.29 is 13.2 Å². The molecule has 0 bridgehead atoms. The summed E-state index contributed by atoms with van der Waals surface area (Å²) in [5.74, 6) is 0.394. The summed E-state index contributed by atoms with van der Waals surface area (Å²) in [7, 11) is 0. The average molecular weight is 343 g/mol. The van der Waals surface area contributed by atoms with Gasteiger partial charge >= 0.3 is 6.18 Å². The molecule has 4 nitrogen and oxygen atoms in total. The molecule has 0 spiro atoms. The van der Waals surface area contributed by atoms with Gasteiger partial charge in [-0.2, -0.15) is 13.2 Å². The second kappa shape index (κ2) is 7.08. The van der Waals surface area contributed by atoms with E-state index in [9.17, 15) is 18.0 Å². The summed E-state index contributed by atoms with van der Waals surface area (Å²) in [6.45, 7) is 3.83. The Morgan fingerprint density at radius 1 is 1.39 bits per heavy atom. The second-order valence-electron chi connectivity index (χ2n) is 4.92. The quantitative estimate of drug-likeness (QED) is 0.887. The van der Waals surface area contributed by atoms with Crippen LogP contribution in [-0.4, -0.2) is 15.0 Å². The van der Waals surface area contributed by atoms with E-state index in [-0.39, 0.29) is 5.56 Å². The van der Waals surface area contributed by atoms with Gasteiger partial charge in [-0.1, -0.05) is 20.3 Å². The summed E-state index contributed by atoms with van der Waals surface area (Å²) in [5.41, 5.74) is 1.07. The highest BCUT2D eigenvalue weighted by Crippen LogP contribution is 2.33. The number of nitrogens with one attached hydrogen (secondary N) is 1. The van der Waals surface area contributed by atoms with Crippen LogP contribution in [-0.2, 0) is 12.6 Å². The SMILES string of the molecule is CCCc1cc(=O)[nH]c(/C(=C\c2cnc(C(F)(F)F)s2)CC)n1. The van der Waals surface area contributed by atoms with Crippen molar-refractivity contribution in [1.82, 2.24) is 15.0 Å². The Labute approximate surface area is 135 Å². The van der Waals surface area contributed by atoms with Gasteiger partial charge in [0, 0.05) is 22.8 Å². The van der Waals surface area contributed by atoms with Gasteiger partial charge in [0.05, 0.1) is 0 Å². The highest BCUT2D eigenvalue weighted by Gasteiger charge is 2.34. The number of aromatic amines is 1. The Morgan fingerprint density at radius 2 is 2.13 bits per heavy atom. The van der Waals surface area contributed by atoms with E-state index in [1.807, 2.05) is 13.8 Å². The molecule has 2 rings (SSSR count). The predicted octanol–water partition coefficient (Wildman–Crippen LogP) is 4.15. The van der Waals surface area contributed by atoms with Gasteiger partial charge in [-0.3, -0.25) is 4.79 Å². The first-order chi connectivity index (χ1) is 10.8. The molecule has 0 unspecified atom stereocenters. The number of thiazole rings is 1. The summed E-state index contributed by atoms with van der Waals surface area (Å²) < 4.78 is 37.8. The van der Waals surface area contributed by atoms with Crippen molar-refractivity contribution in [2.24, 2.45) is 0 Å². The Balaban J connectivity index is 2.39. The molecule has 0 aromatic carbocycles. The number of alkyl halides is 3. The van der Waals surface area contributed by atoms with Crippen molar-refractivity contribution in [3.8, 4) is 0 Å². The van der Waals surface area contributed by atoms with E-state index in [1.54, 1.807) is 6.08 Å². The third kappa shape index (κ3) is 4.51. The minimum atomic E-state index is -4.45. The van der Waals surface area contributed by atoms with Crippen LogP contribution in [0.15, 0.2) is 17.1 Å². The first-order valence-electron chi connectivity index (χ1n) is 7.17. The fourth-order valence-electron chi connectivity index (χ4n) is 2.04. The second-order valence-corrected chi connectivity index (χ2v) is 5.99. The van der Waals surface area contributed by atoms with Gasteiger partial charge in [0.1, 0.15) is 5.82 Å². The summed E-state index contributed by atoms with van der Waals surface area (Å²) in [6.07, 6.45) is 0.365. The molecule has 124 valence electrons. The molecule has 8 heteroatoms. The lowest BCUT2D eigenvalue weighted by atomic mass is 10.1. The Kier molecular flexibility index (Phi) is 5.35. The number of allylic oxidation sites excluding steroid dienone is 1. The smallest absolute Gasteiger partial charge is 0.307 e. The highest BCUT2D eigenvalue weighted by molar-refractivity contribution is 7.12. The number of hydrogen-bond donors (Lipinski definition) is 1. The number of aromatic nitrogens is 3. The first-order valence-corrected chi connectivity index (χ1v) is 7.99. The van der Waals surface area contributed by atoms with Crippen molar-refractivity contribution in [2.45, 2.75) is 39.3 Å². The maximum absolute atomic E-state index is 12.6. The number of H-pyrrole nitrogens is 1. The zero-order valence-electron chi connectivity index (χ0n) is 12.7. The summed E-state index contributed by atoms with van der Waals surface area (Å²) in [5, 5.41) is -0.889. The molecule has 23 heavy (non-hydrogen) atoms. The van der Waals surface area contributed by atoms with Crippen molar-refractivity contribution in [2.75, 3.05) is 0 Å². The van der Waals surface area contributed by atoms with Crippen molar-refractivity contribution in [3.63, 3.8) is 0 Å². The van der Waals surface area contributed by atoms with Crippen LogP contribution in [0.3, 0.4) is 0 Å². The minimum absolute atomic E-state index is 0.266. The first kappa shape index (κ1) is 17.4. The van der Waals surface area contributed by atoms with E-state index in [4.69, 9.17) is 0 Å². The molecule has 0 amide bonds. The van der Waals surface area contributed by atoms with Gasteiger partial charge in [-0.25, -0.2) is 9.97 Å². The number of nitrogens with zero attached hydrogens (tertiary/aromatic N) is 2. The molecule has 0 saturated carbocycles. The molecule has 0 fully saturated rings. The van der Waals surface area contributed by atoms with Gasteiger partial charge in [0.15, 0.2) is 5.01 Å². The molecule has 0 atom stereocenters. The molecular formula is C15H16F3N3OS. The summed E-state index contributed by atoms with van der Waals surface area (Å²) in [6, 6.07) is 1.44. The maximum Gasteiger partial charge on any atom is 0.443 e. The number of halogens is 3. The normalized spacial score (nSPS) is 12.7. The molecule has 2 aromatic heterocycles. The highest BCUT2D eigenvalue weighted by atomic mass is 32.1. The molecule has 2 heterocycles. The van der Waals surface area contributed by atoms with E-state index >= 15 is 0 Å². The molecule has 0 saturated heterocycles. The lowest BCUT2D eigenvalue weighted by Gasteiger charge is -2.06. The van der Waals surface area contributed by atoms with Crippen LogP contribution in [0.5, 0.6) is 0 Å². The Morgan fingerprint density at radius 3 is 2.70 bits per heavy atom. The summed E-state index contributed by atoms with van der Waals surface area (Å²) in [4.78, 5) is 22.5. The van der Waals surface area contributed by atoms with Crippen LogP contribution >= 0.6 is 11.3 Å². The predicted molar refractivity (Wildman–Crippen MR) is 84.1 cm³/mol. The van der Waals surface area contributed by atoms with Crippen molar-refractivity contribution in [1.29, 1.82) is 0 Å². The lowest BCUT2D eigenvalue weighted by Crippen LogP contribution is -2.12. The van der Waals surface area contributed by atoms with Crippen LogP contribution in [0.25, 0.3) is 11.6 Å². The van der Waals surface area contributed by atoms with E-state index in [2.05, 4.69) is 15.0 Å². The third-order valence-electron chi connectivity index (χ3n) is 3.07. The van der Waals surface area contributed by atoms with Gasteiger partial charge < -0.3 is 4.98 Å². The van der Waals surface area contributed by atoms with Crippen molar-refractivity contribution >= 4 is 23.0 Å². The van der Waals surface area contributed by atoms with E-state index in [0.717, 1.165) is 6.42 Å². The zero-order valence-corrected chi connectivity index (χ0v) is 13.5. The van der Waals surface area contributed by atoms with E-state index in [0.29, 0.717) is 46.1 Å². The Hall–Kier alpha value is -1.96. The summed E-state index contributed by atoms with van der Waals surface area (Å²) >= 11 is 0.565. The number of hydrogen-bond acceptors (Lipinski definition) is 4. The van der Waals surface area contributed by atoms with Crippen molar-refractivity contribution in [3.05, 3.63) is 44.0 Å². The molecule has 0 aliphatic heterocycles. The monoisotopic (exact) mass is 343 g/mol. The van der Waals surface area contributed by atoms with Crippen LogP contribution in [0.4, 0.5) is 13.2 Å². The van der Waals surface area contributed by atoms with Crippen LogP contribution in [0, 0.1) is 0 Å². The number of aryl methyl sites for hydroxylation is 1. The average Bonchev–Trinajstić information content (AvgIpc) is 2.93. The Bertz CT molecular complexity index is 762. The standard InChI is InChI=1S/C15H16F3N3OS/c1-3-5-10-7-12(22)21-13(20-10)9(4-2)6-11-8-19-14(23-11)15(16,17)18/h6-8H,3-5H2,1-2H3,(H,20,21,22)/b9-6-. The van der Waals surface area contributed by atoms with Gasteiger partial charge in [0.25, 0.3) is 5.56 Å². The third-order valence-corrected chi connectivity index (χ3v) is 4.06. The molecule has 2 aromatic rings. The molecule has 1 N–H and O–H groups in total. The van der Waals surface area contributed by atoms with E-state index < -0.39 is 11.2 Å².